The maximum atomic E-state index is 12.8. The summed E-state index contributed by atoms with van der Waals surface area (Å²) in [5.41, 5.74) is 6.31. The molecule has 0 radical (unpaired) electrons. The average molecular weight is 406 g/mol. The predicted molar refractivity (Wildman–Crippen MR) is 117 cm³/mol. The number of nitrogens with one attached hydrogen (secondary N) is 2. The molecule has 0 aromatic heterocycles. The summed E-state index contributed by atoms with van der Waals surface area (Å²) < 4.78 is 0. The first-order valence-electron chi connectivity index (χ1n) is 10.4. The molecule has 0 aliphatic carbocycles. The molecule has 0 fully saturated rings. The molecule has 0 spiro atoms. The van der Waals surface area contributed by atoms with Crippen LogP contribution in [0.15, 0.2) is 59.6 Å². The van der Waals surface area contributed by atoms with Gasteiger partial charge in [-0.3, -0.25) is 19.9 Å². The zero-order valence-electron chi connectivity index (χ0n) is 17.3. The van der Waals surface area contributed by atoms with Gasteiger partial charge in [-0.2, -0.15) is 0 Å². The molecule has 2 heterocycles. The van der Waals surface area contributed by atoms with E-state index >= 15 is 0 Å². The monoisotopic (exact) mass is 405 g/mol. The van der Waals surface area contributed by atoms with Gasteiger partial charge in [0.1, 0.15) is 6.04 Å². The highest BCUT2D eigenvalue weighted by molar-refractivity contribution is 6.39. The molecule has 7 heteroatoms. The Hall–Kier alpha value is -3.19. The van der Waals surface area contributed by atoms with Crippen molar-refractivity contribution in [1.82, 2.24) is 15.6 Å². The second kappa shape index (κ2) is 8.67. The number of rotatable bonds is 5. The van der Waals surface area contributed by atoms with Crippen molar-refractivity contribution in [2.45, 2.75) is 38.9 Å². The van der Waals surface area contributed by atoms with Gasteiger partial charge in [-0.15, -0.1) is 0 Å². The number of para-hydroxylation sites is 1. The fraction of sp³-hybridized carbons (Fsp3) is 0.348. The standard InChI is InChI=1S/C23H27N5O2/c1-16(27-13-12-18-8-6-7-9-19(18)15-27)14-24-22(29)21-25-17(2)23(30)28(26-21)20-10-4-3-5-11-20/h3-11,16-17H,12-15H2,1-2H3,(H,24,29)(H,25,26)/t16-,17-/m0/s1. The number of fused-ring (bicyclic) bond motifs is 1. The van der Waals surface area contributed by atoms with Gasteiger partial charge in [-0.05, 0) is 43.5 Å². The van der Waals surface area contributed by atoms with Crippen LogP contribution in [0.5, 0.6) is 0 Å². The van der Waals surface area contributed by atoms with Crippen LogP contribution in [0.3, 0.4) is 0 Å². The van der Waals surface area contributed by atoms with Crippen LogP contribution in [0.1, 0.15) is 25.0 Å². The summed E-state index contributed by atoms with van der Waals surface area (Å²) in [6.07, 6.45) is 1.02. The van der Waals surface area contributed by atoms with E-state index in [-0.39, 0.29) is 23.7 Å². The van der Waals surface area contributed by atoms with E-state index in [0.29, 0.717) is 12.2 Å². The molecule has 30 heavy (non-hydrogen) atoms. The van der Waals surface area contributed by atoms with Gasteiger partial charge in [-0.25, -0.2) is 10.0 Å². The van der Waals surface area contributed by atoms with E-state index in [1.54, 1.807) is 6.92 Å². The molecule has 0 saturated carbocycles. The van der Waals surface area contributed by atoms with Gasteiger partial charge in [0, 0.05) is 25.7 Å². The third kappa shape index (κ3) is 4.21. The van der Waals surface area contributed by atoms with Crippen molar-refractivity contribution in [2.24, 2.45) is 4.99 Å². The minimum Gasteiger partial charge on any atom is -0.348 e. The highest BCUT2D eigenvalue weighted by Crippen LogP contribution is 2.20. The normalized spacial score (nSPS) is 20.1. The fourth-order valence-electron chi connectivity index (χ4n) is 3.85. The maximum absolute atomic E-state index is 12.8. The third-order valence-electron chi connectivity index (χ3n) is 5.69. The lowest BCUT2D eigenvalue weighted by Gasteiger charge is -2.34. The van der Waals surface area contributed by atoms with Crippen molar-refractivity contribution in [2.75, 3.05) is 18.1 Å². The number of hydrazine groups is 1. The molecule has 2 amide bonds. The van der Waals surface area contributed by atoms with Crippen molar-refractivity contribution in [3.8, 4) is 0 Å². The second-order valence-corrected chi connectivity index (χ2v) is 7.82. The molecule has 2 aromatic carbocycles. The Labute approximate surface area is 176 Å². The number of amides is 2. The minimum absolute atomic E-state index is 0.155. The van der Waals surface area contributed by atoms with Crippen LogP contribution in [0.25, 0.3) is 0 Å². The first kappa shape index (κ1) is 20.1. The van der Waals surface area contributed by atoms with Crippen LogP contribution in [-0.2, 0) is 22.6 Å². The highest BCUT2D eigenvalue weighted by atomic mass is 16.2. The Bertz CT molecular complexity index is 959. The van der Waals surface area contributed by atoms with Crippen LogP contribution in [0, 0.1) is 0 Å². The minimum atomic E-state index is -0.622. The van der Waals surface area contributed by atoms with Crippen LogP contribution < -0.4 is 15.8 Å². The molecule has 2 aliphatic rings. The van der Waals surface area contributed by atoms with Crippen LogP contribution in [0.4, 0.5) is 5.69 Å². The number of hydrogen-bond acceptors (Lipinski definition) is 5. The molecule has 7 nitrogen and oxygen atoms in total. The Morgan fingerprint density at radius 1 is 1.17 bits per heavy atom. The van der Waals surface area contributed by atoms with Crippen molar-refractivity contribution < 1.29 is 9.59 Å². The average Bonchev–Trinajstić information content (AvgIpc) is 2.79. The van der Waals surface area contributed by atoms with Gasteiger partial charge in [0.25, 0.3) is 11.8 Å². The summed E-state index contributed by atoms with van der Waals surface area (Å²) in [5, 5.41) is 4.36. The number of amidine groups is 1. The number of hydrogen-bond donors (Lipinski definition) is 2. The van der Waals surface area contributed by atoms with E-state index in [4.69, 9.17) is 0 Å². The molecular formula is C23H27N5O2. The number of carbonyl (C=O) groups excluding carboxylic acids is 2. The summed E-state index contributed by atoms with van der Waals surface area (Å²) in [6, 6.07) is 17.3. The summed E-state index contributed by atoms with van der Waals surface area (Å²) in [7, 11) is 0. The fourth-order valence-corrected chi connectivity index (χ4v) is 3.85. The Morgan fingerprint density at radius 3 is 2.63 bits per heavy atom. The number of aliphatic imine (C=N–C) groups is 1. The van der Waals surface area contributed by atoms with E-state index in [1.807, 2.05) is 30.3 Å². The number of benzene rings is 2. The molecule has 0 saturated heterocycles. The van der Waals surface area contributed by atoms with E-state index < -0.39 is 6.04 Å². The zero-order chi connectivity index (χ0) is 21.1. The van der Waals surface area contributed by atoms with Crippen LogP contribution in [0.2, 0.25) is 0 Å². The largest absolute Gasteiger partial charge is 0.348 e. The number of anilines is 1. The smallest absolute Gasteiger partial charge is 0.288 e. The van der Waals surface area contributed by atoms with E-state index in [1.165, 1.54) is 16.1 Å². The first-order valence-corrected chi connectivity index (χ1v) is 10.4. The maximum Gasteiger partial charge on any atom is 0.288 e. The SMILES string of the molecule is C[C@@H]1N=C(C(=O)NC[C@H](C)N2CCc3ccccc3C2)NN(c2ccccc2)C1=O. The third-order valence-corrected chi connectivity index (χ3v) is 5.69. The lowest BCUT2D eigenvalue weighted by molar-refractivity contribution is -0.120. The molecule has 4 rings (SSSR count). The molecule has 2 aromatic rings. The van der Waals surface area contributed by atoms with Gasteiger partial charge in [-0.1, -0.05) is 42.5 Å². The quantitative estimate of drug-likeness (QED) is 0.797. The molecule has 2 N–H and O–H groups in total. The Morgan fingerprint density at radius 2 is 1.87 bits per heavy atom. The van der Waals surface area contributed by atoms with Gasteiger partial charge >= 0.3 is 0 Å². The molecule has 2 atom stereocenters. The van der Waals surface area contributed by atoms with E-state index in [9.17, 15) is 9.59 Å². The number of nitrogens with zero attached hydrogens (tertiary/aromatic N) is 3. The van der Waals surface area contributed by atoms with Crippen molar-refractivity contribution in [3.05, 3.63) is 65.7 Å². The van der Waals surface area contributed by atoms with Gasteiger partial charge in [0.2, 0.25) is 5.84 Å². The second-order valence-electron chi connectivity index (χ2n) is 7.82. The first-order chi connectivity index (χ1) is 14.5. The van der Waals surface area contributed by atoms with Gasteiger partial charge in [0.05, 0.1) is 5.69 Å². The van der Waals surface area contributed by atoms with Crippen molar-refractivity contribution in [3.63, 3.8) is 0 Å². The number of carbonyl (C=O) groups is 2. The highest BCUT2D eigenvalue weighted by Gasteiger charge is 2.31. The lowest BCUT2D eigenvalue weighted by atomic mass is 9.99. The van der Waals surface area contributed by atoms with Gasteiger partial charge in [0.15, 0.2) is 0 Å². The molecule has 2 aliphatic heterocycles. The molecule has 156 valence electrons. The Kier molecular flexibility index (Phi) is 5.81. The zero-order valence-corrected chi connectivity index (χ0v) is 17.3. The van der Waals surface area contributed by atoms with Gasteiger partial charge < -0.3 is 5.32 Å². The summed E-state index contributed by atoms with van der Waals surface area (Å²) in [6.45, 7) is 6.18. The lowest BCUT2D eigenvalue weighted by Crippen LogP contribution is -2.58. The molecule has 0 unspecified atom stereocenters. The summed E-state index contributed by atoms with van der Waals surface area (Å²) >= 11 is 0. The van der Waals surface area contributed by atoms with Crippen molar-refractivity contribution >= 4 is 23.3 Å². The van der Waals surface area contributed by atoms with Crippen LogP contribution in [-0.4, -0.2) is 47.7 Å². The predicted octanol–water partition coefficient (Wildman–Crippen LogP) is 1.89. The summed E-state index contributed by atoms with van der Waals surface area (Å²) in [5.74, 6) is -0.347. The van der Waals surface area contributed by atoms with Crippen LogP contribution >= 0.6 is 0 Å². The van der Waals surface area contributed by atoms with Crippen molar-refractivity contribution in [1.29, 1.82) is 0 Å². The topological polar surface area (TPSA) is 77.0 Å². The summed E-state index contributed by atoms with van der Waals surface area (Å²) in [4.78, 5) is 31.9. The molecular weight excluding hydrogens is 378 g/mol. The Balaban J connectivity index is 1.37. The van der Waals surface area contributed by atoms with E-state index in [0.717, 1.165) is 19.5 Å². The van der Waals surface area contributed by atoms with E-state index in [2.05, 4.69) is 51.8 Å². The molecule has 0 bridgehead atoms.